The molecule has 54 heavy (non-hydrogen) atoms. The molecular weight excluding hydrogens is 684 g/mol. The lowest BCUT2D eigenvalue weighted by Crippen LogP contribution is -2.63. The molecule has 1 unspecified atom stereocenters. The average molecular weight is 753 g/mol. The lowest BCUT2D eigenvalue weighted by Gasteiger charge is -2.38. The monoisotopic (exact) mass is 753 g/mol. The van der Waals surface area contributed by atoms with Gasteiger partial charge >= 0.3 is 0 Å². The highest BCUT2D eigenvalue weighted by Gasteiger charge is 2.85. The van der Waals surface area contributed by atoms with Crippen molar-refractivity contribution < 1.29 is 28.8 Å². The van der Waals surface area contributed by atoms with E-state index < -0.39 is 47.2 Å². The predicted molar refractivity (Wildman–Crippen MR) is 206 cm³/mol. The number of likely N-dealkylation sites (N-methyl/N-ethyl adjacent to an activating group) is 1. The first-order valence-corrected chi connectivity index (χ1v) is 21.2. The third-order valence-electron chi connectivity index (χ3n) is 14.9. The minimum atomic E-state index is -0.985. The van der Waals surface area contributed by atoms with Crippen molar-refractivity contribution in [2.75, 3.05) is 20.1 Å². The zero-order valence-corrected chi connectivity index (χ0v) is 34.1. The van der Waals surface area contributed by atoms with Gasteiger partial charge in [0.15, 0.2) is 0 Å². The Labute approximate surface area is 322 Å². The van der Waals surface area contributed by atoms with Gasteiger partial charge in [0.2, 0.25) is 29.4 Å². The van der Waals surface area contributed by atoms with Crippen molar-refractivity contribution >= 4 is 35.3 Å². The lowest BCUT2D eigenvalue weighted by molar-refractivity contribution is -0.145. The summed E-state index contributed by atoms with van der Waals surface area (Å²) in [5.41, 5.74) is -1.03. The van der Waals surface area contributed by atoms with Crippen LogP contribution in [-0.2, 0) is 28.8 Å². The summed E-state index contributed by atoms with van der Waals surface area (Å²) < 4.78 is 0. The van der Waals surface area contributed by atoms with Gasteiger partial charge in [0, 0.05) is 18.0 Å². The topological polar surface area (TPSA) is 157 Å². The molecule has 302 valence electrons. The van der Waals surface area contributed by atoms with E-state index in [0.29, 0.717) is 25.8 Å². The Morgan fingerprint density at radius 3 is 1.98 bits per heavy atom. The van der Waals surface area contributed by atoms with Gasteiger partial charge < -0.3 is 26.2 Å². The first-order chi connectivity index (χ1) is 25.5. The van der Waals surface area contributed by atoms with E-state index in [1.807, 2.05) is 34.7 Å². The smallest absolute Gasteiger partial charge is 0.289 e. The molecule has 2 spiro atoms. The van der Waals surface area contributed by atoms with Gasteiger partial charge in [-0.2, -0.15) is 0 Å². The first-order valence-electron chi connectivity index (χ1n) is 21.2. The highest BCUT2D eigenvalue weighted by atomic mass is 16.2. The molecule has 6 fully saturated rings. The second-order valence-electron chi connectivity index (χ2n) is 19.5. The van der Waals surface area contributed by atoms with Gasteiger partial charge in [0.1, 0.15) is 18.1 Å². The molecule has 6 rings (SSSR count). The van der Waals surface area contributed by atoms with Crippen LogP contribution in [0.2, 0.25) is 0 Å². The summed E-state index contributed by atoms with van der Waals surface area (Å²) in [5.74, 6) is -2.59. The third kappa shape index (κ3) is 7.46. The number of fused-ring (bicyclic) bond motifs is 1. The standard InChI is InChI=1S/C42H68N6O6/c1-8-15-28(32(49)37(53)43-27-19-20-27)44-35(51)30-24-42(40(5,6)41(42)21-14-22-41)25-48(30)38(54)33(39(2,3)4)46-36(52)31(26-16-10-9-11-17-26)45-34(50)29-18-12-13-23-47(29)7/h26-31,33H,8-25H2,1-7H3,(H,43,53)(H,44,51)(H,45,50)(H,46,52)/t28-,29-,30?,31-,33+,42+/m0/s1. The molecule has 12 nitrogen and oxygen atoms in total. The molecule has 6 aliphatic rings. The van der Waals surface area contributed by atoms with Gasteiger partial charge in [-0.05, 0) is 100.0 Å². The quantitative estimate of drug-likeness (QED) is 0.207. The normalized spacial score (nSPS) is 29.4. The summed E-state index contributed by atoms with van der Waals surface area (Å²) in [7, 11) is 1.96. The maximum absolute atomic E-state index is 15.1. The van der Waals surface area contributed by atoms with Crippen molar-refractivity contribution in [2.45, 2.75) is 181 Å². The third-order valence-corrected chi connectivity index (χ3v) is 14.9. The Kier molecular flexibility index (Phi) is 11.7. The van der Waals surface area contributed by atoms with Crippen LogP contribution in [0.5, 0.6) is 0 Å². The highest BCUT2D eigenvalue weighted by molar-refractivity contribution is 6.38. The molecule has 2 heterocycles. The van der Waals surface area contributed by atoms with Crippen LogP contribution in [0.3, 0.4) is 0 Å². The van der Waals surface area contributed by atoms with E-state index in [0.717, 1.165) is 90.0 Å². The molecule has 4 aliphatic carbocycles. The van der Waals surface area contributed by atoms with Crippen LogP contribution in [0, 0.1) is 27.6 Å². The molecule has 4 saturated carbocycles. The fourth-order valence-corrected chi connectivity index (χ4v) is 11.1. The highest BCUT2D eigenvalue weighted by Crippen LogP contribution is 2.88. The Morgan fingerprint density at radius 1 is 0.778 bits per heavy atom. The average Bonchev–Trinajstić information content (AvgIpc) is 3.93. The van der Waals surface area contributed by atoms with Gasteiger partial charge in [0.05, 0.1) is 12.1 Å². The molecule has 0 aromatic heterocycles. The Balaban J connectivity index is 1.25. The number of carbonyl (C=O) groups excluding carboxylic acids is 6. The van der Waals surface area contributed by atoms with Crippen LogP contribution in [0.15, 0.2) is 0 Å². The van der Waals surface area contributed by atoms with Crippen LogP contribution in [0.4, 0.5) is 0 Å². The minimum absolute atomic E-state index is 0.0159. The maximum atomic E-state index is 15.1. The number of hydrogen-bond donors (Lipinski definition) is 4. The van der Waals surface area contributed by atoms with E-state index in [-0.39, 0.29) is 52.0 Å². The largest absolute Gasteiger partial charge is 0.347 e. The van der Waals surface area contributed by atoms with Crippen LogP contribution >= 0.6 is 0 Å². The molecule has 0 aromatic rings. The molecule has 0 radical (unpaired) electrons. The molecule has 5 amide bonds. The summed E-state index contributed by atoms with van der Waals surface area (Å²) >= 11 is 0. The number of amides is 5. The Bertz CT molecular complexity index is 1480. The maximum Gasteiger partial charge on any atom is 0.289 e. The van der Waals surface area contributed by atoms with E-state index in [1.165, 1.54) is 0 Å². The summed E-state index contributed by atoms with van der Waals surface area (Å²) in [5, 5.41) is 12.0. The molecule has 2 saturated heterocycles. The van der Waals surface area contributed by atoms with Gasteiger partial charge in [-0.25, -0.2) is 0 Å². The minimum Gasteiger partial charge on any atom is -0.347 e. The predicted octanol–water partition coefficient (Wildman–Crippen LogP) is 4.00. The van der Waals surface area contributed by atoms with Crippen molar-refractivity contribution in [1.29, 1.82) is 0 Å². The van der Waals surface area contributed by atoms with Gasteiger partial charge in [-0.15, -0.1) is 0 Å². The van der Waals surface area contributed by atoms with E-state index in [1.54, 1.807) is 4.90 Å². The molecule has 0 bridgehead atoms. The van der Waals surface area contributed by atoms with Gasteiger partial charge in [0.25, 0.3) is 5.91 Å². The van der Waals surface area contributed by atoms with Crippen molar-refractivity contribution in [1.82, 2.24) is 31.1 Å². The number of carbonyl (C=O) groups is 6. The number of nitrogens with zero attached hydrogens (tertiary/aromatic N) is 2. The van der Waals surface area contributed by atoms with Crippen LogP contribution in [0.25, 0.3) is 0 Å². The van der Waals surface area contributed by atoms with E-state index in [9.17, 15) is 24.0 Å². The fraction of sp³-hybridized carbons (Fsp3) is 0.857. The van der Waals surface area contributed by atoms with Crippen LogP contribution in [-0.4, -0.2) is 102 Å². The first kappa shape index (κ1) is 40.6. The summed E-state index contributed by atoms with van der Waals surface area (Å²) in [4.78, 5) is 87.6. The SMILES string of the molecule is CCC[C@H](NC(=O)C1C[C@@]2(CN1C(=O)[C@@H](NC(=O)[C@@H](NC(=O)[C@@H]1CCCCN1C)C1CCCCC1)C(C)(C)C)C(C)(C)C21CCC1)C(=O)C(=O)NC1CC1. The van der Waals surface area contributed by atoms with Crippen molar-refractivity contribution in [2.24, 2.45) is 27.6 Å². The zero-order valence-electron chi connectivity index (χ0n) is 34.1. The molecule has 0 aromatic carbocycles. The molecule has 4 N–H and O–H groups in total. The number of ketones is 1. The van der Waals surface area contributed by atoms with Gasteiger partial charge in [-0.3, -0.25) is 33.7 Å². The van der Waals surface area contributed by atoms with Crippen LogP contribution < -0.4 is 21.3 Å². The van der Waals surface area contributed by atoms with Crippen molar-refractivity contribution in [3.8, 4) is 0 Å². The van der Waals surface area contributed by atoms with Crippen LogP contribution in [0.1, 0.15) is 144 Å². The van der Waals surface area contributed by atoms with E-state index in [4.69, 9.17) is 0 Å². The number of rotatable bonds is 13. The second-order valence-corrected chi connectivity index (χ2v) is 19.5. The van der Waals surface area contributed by atoms with Gasteiger partial charge in [-0.1, -0.05) is 80.1 Å². The van der Waals surface area contributed by atoms with Crippen molar-refractivity contribution in [3.05, 3.63) is 0 Å². The molecule has 6 atom stereocenters. The molecule has 2 aliphatic heterocycles. The number of Topliss-reactive ketones (excluding diaryl/α,β-unsaturated/α-hetero) is 1. The van der Waals surface area contributed by atoms with E-state index in [2.05, 4.69) is 40.0 Å². The Morgan fingerprint density at radius 2 is 1.43 bits per heavy atom. The summed E-state index contributed by atoms with van der Waals surface area (Å²) in [6.45, 7) is 13.4. The van der Waals surface area contributed by atoms with E-state index >= 15 is 4.79 Å². The number of piperidine rings is 1. The summed E-state index contributed by atoms with van der Waals surface area (Å²) in [6.07, 6.45) is 13.8. The Hall–Kier alpha value is -3.02. The number of nitrogens with one attached hydrogen (secondary N) is 4. The summed E-state index contributed by atoms with van der Waals surface area (Å²) in [6, 6.07) is -3.84. The number of hydrogen-bond acceptors (Lipinski definition) is 7. The fourth-order valence-electron chi connectivity index (χ4n) is 11.1. The molecule has 12 heteroatoms. The lowest BCUT2D eigenvalue weighted by atomic mass is 9.73. The number of likely N-dealkylation sites (tertiary alicyclic amines) is 2. The molecular formula is C42H68N6O6. The zero-order chi connectivity index (χ0) is 39.2. The van der Waals surface area contributed by atoms with Crippen molar-refractivity contribution in [3.63, 3.8) is 0 Å². The second kappa shape index (κ2) is 15.5.